The smallest absolute Gasteiger partial charge is 0.362 e. The van der Waals surface area contributed by atoms with Crippen LogP contribution < -0.4 is 4.74 Å². The lowest BCUT2D eigenvalue weighted by Crippen LogP contribution is -2.13. The molecule has 1 saturated heterocycles. The fourth-order valence-electron chi connectivity index (χ4n) is 3.43. The molecule has 2 heterocycles. The summed E-state index contributed by atoms with van der Waals surface area (Å²) in [6.45, 7) is 3.69. The van der Waals surface area contributed by atoms with E-state index in [9.17, 15) is 4.79 Å². The topological polar surface area (TPSA) is 86.3 Å². The Labute approximate surface area is 169 Å². The van der Waals surface area contributed by atoms with E-state index in [0.29, 0.717) is 11.7 Å². The van der Waals surface area contributed by atoms with Gasteiger partial charge in [-0.1, -0.05) is 46.7 Å². The minimum absolute atomic E-state index is 0.0945. The van der Waals surface area contributed by atoms with Gasteiger partial charge in [-0.25, -0.2) is 9.89 Å². The summed E-state index contributed by atoms with van der Waals surface area (Å²) in [5.41, 5.74) is 3.69. The molecule has 1 aliphatic heterocycles. The van der Waals surface area contributed by atoms with Gasteiger partial charge in [-0.2, -0.15) is 0 Å². The van der Waals surface area contributed by atoms with E-state index in [-0.39, 0.29) is 18.2 Å². The second-order valence-corrected chi connectivity index (χ2v) is 6.85. The summed E-state index contributed by atoms with van der Waals surface area (Å²) in [5, 5.41) is 9.95. The molecule has 7 heteroatoms. The summed E-state index contributed by atoms with van der Waals surface area (Å²) in [5.74, 6) is 0.697. The third kappa shape index (κ3) is 4.46. The summed E-state index contributed by atoms with van der Waals surface area (Å²) in [6, 6.07) is 16.3. The van der Waals surface area contributed by atoms with Crippen LogP contribution in [0.1, 0.15) is 41.7 Å². The number of carbonyl (C=O) groups excluding carboxylic acids is 1. The molecule has 4 rings (SSSR count). The molecule has 1 aliphatic rings. The molecule has 3 aromatic rings. The maximum atomic E-state index is 11.9. The zero-order valence-corrected chi connectivity index (χ0v) is 16.3. The maximum absolute atomic E-state index is 11.9. The van der Waals surface area contributed by atoms with E-state index in [1.54, 1.807) is 6.92 Å². The average molecular weight is 393 g/mol. The van der Waals surface area contributed by atoms with Crippen molar-refractivity contribution in [1.29, 1.82) is 0 Å². The van der Waals surface area contributed by atoms with E-state index >= 15 is 0 Å². The van der Waals surface area contributed by atoms with Crippen LogP contribution in [0, 0.1) is 0 Å². The molecule has 0 bridgehead atoms. The Kier molecular flexibility index (Phi) is 5.86. The summed E-state index contributed by atoms with van der Waals surface area (Å²) >= 11 is 0. The highest BCUT2D eigenvalue weighted by molar-refractivity contribution is 5.89. The van der Waals surface area contributed by atoms with Crippen molar-refractivity contribution in [2.75, 3.05) is 19.8 Å². The number of nitrogens with one attached hydrogen (secondary N) is 1. The number of hydrogen-bond donors (Lipinski definition) is 1. The first-order valence-electron chi connectivity index (χ1n) is 9.78. The zero-order chi connectivity index (χ0) is 20.1. The van der Waals surface area contributed by atoms with Gasteiger partial charge in [0, 0.05) is 13.2 Å². The second kappa shape index (κ2) is 8.87. The molecular weight excluding hydrogens is 370 g/mol. The minimum Gasteiger partial charge on any atom is -0.461 e. The van der Waals surface area contributed by atoms with Gasteiger partial charge in [-0.05, 0) is 54.5 Å². The molecule has 1 aromatic heterocycles. The lowest BCUT2D eigenvalue weighted by atomic mass is 9.90. The van der Waals surface area contributed by atoms with Gasteiger partial charge in [0.1, 0.15) is 5.75 Å². The normalized spacial score (nSPS) is 14.5. The number of hydrogen-bond acceptors (Lipinski definition) is 6. The van der Waals surface area contributed by atoms with Crippen molar-refractivity contribution in [2.24, 2.45) is 0 Å². The van der Waals surface area contributed by atoms with Crippen LogP contribution in [0.3, 0.4) is 0 Å². The predicted octanol–water partition coefficient (Wildman–Crippen LogP) is 4.33. The number of esters is 1. The Balaban J connectivity index is 1.44. The van der Waals surface area contributed by atoms with Crippen LogP contribution in [0.15, 0.2) is 48.5 Å². The van der Waals surface area contributed by atoms with E-state index < -0.39 is 5.97 Å². The summed E-state index contributed by atoms with van der Waals surface area (Å²) < 4.78 is 16.1. The highest BCUT2D eigenvalue weighted by atomic mass is 16.5. The van der Waals surface area contributed by atoms with Crippen molar-refractivity contribution < 1.29 is 19.0 Å². The van der Waals surface area contributed by atoms with E-state index in [1.807, 2.05) is 24.3 Å². The quantitative estimate of drug-likeness (QED) is 0.627. The lowest BCUT2D eigenvalue weighted by Gasteiger charge is -2.22. The van der Waals surface area contributed by atoms with E-state index in [0.717, 1.165) is 37.2 Å². The van der Waals surface area contributed by atoms with Crippen molar-refractivity contribution in [2.45, 2.75) is 25.7 Å². The Morgan fingerprint density at radius 2 is 1.72 bits per heavy atom. The first-order chi connectivity index (χ1) is 14.2. The van der Waals surface area contributed by atoms with Gasteiger partial charge in [0.15, 0.2) is 0 Å². The second-order valence-electron chi connectivity index (χ2n) is 6.85. The summed E-state index contributed by atoms with van der Waals surface area (Å²) in [7, 11) is 0. The van der Waals surface area contributed by atoms with Gasteiger partial charge in [0.05, 0.1) is 6.61 Å². The minimum atomic E-state index is -0.547. The van der Waals surface area contributed by atoms with Crippen molar-refractivity contribution in [3.05, 3.63) is 59.8 Å². The molecule has 0 aliphatic carbocycles. The fraction of sp³-hybridized carbons (Fsp3) is 0.318. The molecule has 0 amide bonds. The van der Waals surface area contributed by atoms with Crippen molar-refractivity contribution in [3.63, 3.8) is 0 Å². The molecule has 0 saturated carbocycles. The maximum Gasteiger partial charge on any atom is 0.362 e. The van der Waals surface area contributed by atoms with Gasteiger partial charge in [0.25, 0.3) is 5.88 Å². The van der Waals surface area contributed by atoms with E-state index in [2.05, 4.69) is 39.7 Å². The van der Waals surface area contributed by atoms with Crippen molar-refractivity contribution in [3.8, 4) is 22.8 Å². The van der Waals surface area contributed by atoms with Gasteiger partial charge >= 0.3 is 5.97 Å². The molecule has 1 N–H and O–H groups in total. The molecule has 2 aromatic carbocycles. The highest BCUT2D eigenvalue weighted by Crippen LogP contribution is 2.30. The van der Waals surface area contributed by atoms with Crippen LogP contribution >= 0.6 is 0 Å². The molecule has 29 heavy (non-hydrogen) atoms. The van der Waals surface area contributed by atoms with Gasteiger partial charge in [0.2, 0.25) is 5.69 Å². The Bertz CT molecular complexity index is 945. The molecule has 1 fully saturated rings. The van der Waals surface area contributed by atoms with Gasteiger partial charge in [-0.3, -0.25) is 0 Å². The number of carbonyl (C=O) groups is 1. The first kappa shape index (κ1) is 19.1. The molecule has 0 unspecified atom stereocenters. The van der Waals surface area contributed by atoms with Crippen LogP contribution in [0.2, 0.25) is 0 Å². The van der Waals surface area contributed by atoms with Gasteiger partial charge < -0.3 is 14.2 Å². The number of benzene rings is 2. The number of nitrogens with zero attached hydrogens (tertiary/aromatic N) is 2. The SMILES string of the molecule is CCOC(=O)c1[nH]nnc1Oc1ccc(-c2ccc(C3CCOCC3)cc2)cc1. The summed E-state index contributed by atoms with van der Waals surface area (Å²) in [4.78, 5) is 11.9. The number of rotatable bonds is 6. The average Bonchev–Trinajstić information content (AvgIpc) is 3.23. The van der Waals surface area contributed by atoms with E-state index in [4.69, 9.17) is 14.2 Å². The molecule has 150 valence electrons. The molecule has 0 atom stereocenters. The van der Waals surface area contributed by atoms with Gasteiger partial charge in [-0.15, -0.1) is 0 Å². The van der Waals surface area contributed by atoms with Crippen LogP contribution in [-0.4, -0.2) is 41.2 Å². The Hall–Kier alpha value is -3.19. The number of aromatic amines is 1. The van der Waals surface area contributed by atoms with Crippen LogP contribution in [0.25, 0.3) is 11.1 Å². The largest absolute Gasteiger partial charge is 0.461 e. The third-order valence-corrected chi connectivity index (χ3v) is 5.00. The van der Waals surface area contributed by atoms with Crippen LogP contribution in [0.4, 0.5) is 0 Å². The van der Waals surface area contributed by atoms with Crippen molar-refractivity contribution >= 4 is 5.97 Å². The first-order valence-corrected chi connectivity index (χ1v) is 9.78. The Morgan fingerprint density at radius 1 is 1.07 bits per heavy atom. The molecule has 0 spiro atoms. The van der Waals surface area contributed by atoms with Crippen LogP contribution in [-0.2, 0) is 9.47 Å². The summed E-state index contributed by atoms with van der Waals surface area (Å²) in [6.07, 6.45) is 2.17. The monoisotopic (exact) mass is 393 g/mol. The highest BCUT2D eigenvalue weighted by Gasteiger charge is 2.19. The third-order valence-electron chi connectivity index (χ3n) is 5.00. The number of ether oxygens (including phenoxy) is 3. The molecule has 7 nitrogen and oxygen atoms in total. The lowest BCUT2D eigenvalue weighted by molar-refractivity contribution is 0.0516. The Morgan fingerprint density at radius 3 is 2.38 bits per heavy atom. The molecule has 0 radical (unpaired) electrons. The standard InChI is InChI=1S/C22H23N3O4/c1-2-28-22(26)20-21(24-25-23-20)29-19-9-7-17(8-10-19)15-3-5-16(6-4-15)18-11-13-27-14-12-18/h3-10,18H,2,11-14H2,1H3,(H,23,24,25). The number of aromatic nitrogens is 3. The fourth-order valence-corrected chi connectivity index (χ4v) is 3.43. The predicted molar refractivity (Wildman–Crippen MR) is 107 cm³/mol. The van der Waals surface area contributed by atoms with Crippen molar-refractivity contribution in [1.82, 2.24) is 15.4 Å². The number of H-pyrrole nitrogens is 1. The van der Waals surface area contributed by atoms with Crippen LogP contribution in [0.5, 0.6) is 11.6 Å². The zero-order valence-electron chi connectivity index (χ0n) is 16.3. The van der Waals surface area contributed by atoms with E-state index in [1.165, 1.54) is 5.56 Å². The molecular formula is C22H23N3O4.